The Labute approximate surface area is 361 Å². The van der Waals surface area contributed by atoms with Crippen LogP contribution in [0.4, 0.5) is 11.4 Å². The molecule has 300 valence electrons. The standard InChI is InChI=1S/C46H38Cl4N4O5/c1-25(55)45-31(19-21-51-45)33-23-37(41(47)43(49)39(33)35(57)17-11-27-7-13-29(14-8-27)53(3)4)59-38-24-34(32-20-22-52-46(32)26(2)56)40(44(50)42(38)48)36(58)18-12-28-9-15-30(16-10-28)54(5)6/h7-24,51-52H,1-6H3/b17-11+,18-12+. The van der Waals surface area contributed by atoms with Crippen LogP contribution in [0.3, 0.4) is 0 Å². The summed E-state index contributed by atoms with van der Waals surface area (Å²) in [6, 6.07) is 21.5. The molecule has 9 nitrogen and oxygen atoms in total. The smallest absolute Gasteiger partial charge is 0.188 e. The Morgan fingerprint density at radius 1 is 0.525 bits per heavy atom. The monoisotopic (exact) mass is 866 g/mol. The minimum atomic E-state index is -0.483. The maximum absolute atomic E-state index is 14.0. The van der Waals surface area contributed by atoms with Gasteiger partial charge in [-0.3, -0.25) is 19.2 Å². The third-order valence-corrected chi connectivity index (χ3v) is 11.2. The summed E-state index contributed by atoms with van der Waals surface area (Å²) in [4.78, 5) is 63.3. The molecule has 0 atom stereocenters. The van der Waals surface area contributed by atoms with Crippen LogP contribution in [-0.2, 0) is 0 Å². The number of aromatic nitrogens is 2. The third kappa shape index (κ3) is 9.09. The Kier molecular flexibility index (Phi) is 13.0. The molecule has 0 spiro atoms. The summed E-state index contributed by atoms with van der Waals surface area (Å²) in [5.74, 6) is -1.62. The lowest BCUT2D eigenvalue weighted by molar-refractivity contribution is 0.100. The van der Waals surface area contributed by atoms with Crippen LogP contribution in [0.5, 0.6) is 11.5 Å². The molecule has 0 aliphatic heterocycles. The second kappa shape index (κ2) is 18.0. The number of aromatic amines is 2. The van der Waals surface area contributed by atoms with Crippen molar-refractivity contribution in [2.75, 3.05) is 38.0 Å². The Morgan fingerprint density at radius 3 is 1.20 bits per heavy atom. The SMILES string of the molecule is CC(=O)c1[nH]ccc1-c1cc(Oc2cc(-c3cc[nH]c3C(C)=O)c(C(=O)/C=C/c3ccc(N(C)C)cc3)c(Cl)c2Cl)c(Cl)c(Cl)c1C(=O)/C=C/c1ccc(N(C)C)cc1. The van der Waals surface area contributed by atoms with Crippen LogP contribution in [0.2, 0.25) is 20.1 Å². The second-order valence-corrected chi connectivity index (χ2v) is 15.5. The summed E-state index contributed by atoms with van der Waals surface area (Å²) >= 11 is 27.7. The number of carbonyl (C=O) groups excluding carboxylic acids is 4. The molecule has 0 amide bonds. The van der Waals surface area contributed by atoms with Crippen molar-refractivity contribution < 1.29 is 23.9 Å². The molecule has 0 unspecified atom stereocenters. The highest BCUT2D eigenvalue weighted by Gasteiger charge is 2.28. The van der Waals surface area contributed by atoms with Crippen molar-refractivity contribution in [1.29, 1.82) is 0 Å². The van der Waals surface area contributed by atoms with Crippen molar-refractivity contribution >= 4 is 93.1 Å². The Morgan fingerprint density at radius 2 is 0.881 bits per heavy atom. The number of benzene rings is 4. The summed E-state index contributed by atoms with van der Waals surface area (Å²) in [5, 5.41) is -0.555. The first-order chi connectivity index (χ1) is 28.1. The number of allylic oxidation sites excluding steroid dienone is 2. The van der Waals surface area contributed by atoms with Gasteiger partial charge in [-0.1, -0.05) is 82.8 Å². The van der Waals surface area contributed by atoms with Crippen LogP contribution >= 0.6 is 46.4 Å². The topological polar surface area (TPSA) is 116 Å². The van der Waals surface area contributed by atoms with E-state index >= 15 is 0 Å². The lowest BCUT2D eigenvalue weighted by Gasteiger charge is -2.19. The Hall–Kier alpha value is -5.84. The van der Waals surface area contributed by atoms with Crippen LogP contribution in [-0.4, -0.2) is 61.3 Å². The highest BCUT2D eigenvalue weighted by Crippen LogP contribution is 2.48. The first-order valence-electron chi connectivity index (χ1n) is 18.2. The zero-order chi connectivity index (χ0) is 42.7. The first-order valence-corrected chi connectivity index (χ1v) is 19.7. The number of ether oxygens (including phenoxy) is 1. The van der Waals surface area contributed by atoms with Gasteiger partial charge in [-0.25, -0.2) is 0 Å². The molecule has 0 aliphatic carbocycles. The van der Waals surface area contributed by atoms with Gasteiger partial charge in [0.15, 0.2) is 23.1 Å². The number of Topliss-reactive ketones (excluding diaryl/α,β-unsaturated/α-hetero) is 2. The predicted octanol–water partition coefficient (Wildman–Crippen LogP) is 12.4. The summed E-state index contributed by atoms with van der Waals surface area (Å²) < 4.78 is 6.38. The maximum atomic E-state index is 14.0. The van der Waals surface area contributed by atoms with Crippen molar-refractivity contribution in [2.45, 2.75) is 13.8 Å². The van der Waals surface area contributed by atoms with Crippen LogP contribution in [0.25, 0.3) is 34.4 Å². The van der Waals surface area contributed by atoms with Gasteiger partial charge in [-0.05, 0) is 71.8 Å². The highest BCUT2D eigenvalue weighted by atomic mass is 35.5. The van der Waals surface area contributed by atoms with E-state index in [0.717, 1.165) is 22.5 Å². The predicted molar refractivity (Wildman–Crippen MR) is 241 cm³/mol. The number of H-pyrrole nitrogens is 2. The van der Waals surface area contributed by atoms with Gasteiger partial charge >= 0.3 is 0 Å². The van der Waals surface area contributed by atoms with E-state index in [1.54, 1.807) is 36.7 Å². The van der Waals surface area contributed by atoms with Gasteiger partial charge in [-0.2, -0.15) is 0 Å². The number of carbonyl (C=O) groups is 4. The number of hydrogen-bond acceptors (Lipinski definition) is 7. The van der Waals surface area contributed by atoms with E-state index in [0.29, 0.717) is 11.1 Å². The summed E-state index contributed by atoms with van der Waals surface area (Å²) in [7, 11) is 7.73. The fourth-order valence-electron chi connectivity index (χ4n) is 6.43. The number of hydrogen-bond donors (Lipinski definition) is 2. The fourth-order valence-corrected chi connectivity index (χ4v) is 7.38. The van der Waals surface area contributed by atoms with Crippen LogP contribution in [0.1, 0.15) is 66.7 Å². The molecule has 0 saturated carbocycles. The average Bonchev–Trinajstić information content (AvgIpc) is 3.91. The lowest BCUT2D eigenvalue weighted by Crippen LogP contribution is -2.07. The molecular weight excluding hydrogens is 830 g/mol. The second-order valence-electron chi connectivity index (χ2n) is 14.0. The van der Waals surface area contributed by atoms with Crippen LogP contribution in [0.15, 0.2) is 97.3 Å². The number of nitrogens with one attached hydrogen (secondary N) is 2. The van der Waals surface area contributed by atoms with Crippen molar-refractivity contribution in [3.63, 3.8) is 0 Å². The molecule has 13 heteroatoms. The van der Waals surface area contributed by atoms with Gasteiger partial charge in [0.2, 0.25) is 0 Å². The van der Waals surface area contributed by atoms with Gasteiger partial charge in [0, 0.05) is 88.1 Å². The van der Waals surface area contributed by atoms with E-state index in [-0.39, 0.29) is 76.8 Å². The maximum Gasteiger partial charge on any atom is 0.188 e. The molecule has 0 radical (unpaired) electrons. The quantitative estimate of drug-likeness (QED) is 0.0827. The molecule has 0 aliphatic rings. The van der Waals surface area contributed by atoms with E-state index in [4.69, 9.17) is 51.1 Å². The molecular formula is C46H38Cl4N4O5. The van der Waals surface area contributed by atoms with Gasteiger partial charge in [0.25, 0.3) is 0 Å². The molecule has 2 N–H and O–H groups in total. The minimum Gasteiger partial charge on any atom is -0.454 e. The van der Waals surface area contributed by atoms with E-state index in [2.05, 4.69) is 9.97 Å². The lowest BCUT2D eigenvalue weighted by atomic mass is 9.94. The molecule has 0 fully saturated rings. The van der Waals surface area contributed by atoms with Gasteiger partial charge in [0.1, 0.15) is 21.5 Å². The zero-order valence-electron chi connectivity index (χ0n) is 32.8. The van der Waals surface area contributed by atoms with Crippen molar-refractivity contribution in [3.8, 4) is 33.8 Å². The number of ketones is 4. The van der Waals surface area contributed by atoms with E-state index in [1.807, 2.05) is 86.5 Å². The number of rotatable bonds is 14. The van der Waals surface area contributed by atoms with Crippen molar-refractivity contribution in [3.05, 3.63) is 151 Å². The highest BCUT2D eigenvalue weighted by molar-refractivity contribution is 6.47. The van der Waals surface area contributed by atoms with Crippen LogP contribution < -0.4 is 14.5 Å². The molecule has 6 rings (SSSR count). The number of halogens is 4. The molecule has 2 heterocycles. The van der Waals surface area contributed by atoms with E-state index in [1.165, 1.54) is 38.1 Å². The van der Waals surface area contributed by atoms with Gasteiger partial charge in [0.05, 0.1) is 32.6 Å². The van der Waals surface area contributed by atoms with Gasteiger partial charge in [-0.15, -0.1) is 0 Å². The van der Waals surface area contributed by atoms with E-state index < -0.39 is 11.6 Å². The molecule has 59 heavy (non-hydrogen) atoms. The molecule has 4 aromatic carbocycles. The molecule has 0 bridgehead atoms. The van der Waals surface area contributed by atoms with E-state index in [9.17, 15) is 19.2 Å². The Balaban J connectivity index is 1.47. The summed E-state index contributed by atoms with van der Waals surface area (Å²) in [6.07, 6.45) is 9.20. The molecule has 2 aromatic heterocycles. The van der Waals surface area contributed by atoms with Gasteiger partial charge < -0.3 is 24.5 Å². The number of nitrogens with zero attached hydrogens (tertiary/aromatic N) is 2. The van der Waals surface area contributed by atoms with Crippen LogP contribution in [0, 0.1) is 0 Å². The van der Waals surface area contributed by atoms with Crippen molar-refractivity contribution in [2.24, 2.45) is 0 Å². The minimum absolute atomic E-state index is 0.0274. The first kappa shape index (κ1) is 42.8. The third-order valence-electron chi connectivity index (χ3n) is 9.51. The summed E-state index contributed by atoms with van der Waals surface area (Å²) in [6.45, 7) is 2.78. The Bertz CT molecular complexity index is 2490. The normalized spacial score (nSPS) is 11.4. The average molecular weight is 869 g/mol. The zero-order valence-corrected chi connectivity index (χ0v) is 35.9. The molecule has 0 saturated heterocycles. The number of anilines is 2. The fraction of sp³-hybridized carbons (Fsp3) is 0.130. The molecule has 6 aromatic rings. The summed E-state index contributed by atoms with van der Waals surface area (Å²) in [5.41, 5.74) is 5.28. The van der Waals surface area contributed by atoms with Crippen molar-refractivity contribution in [1.82, 2.24) is 9.97 Å². The largest absolute Gasteiger partial charge is 0.454 e.